The molecule has 0 aliphatic carbocycles. The molecule has 0 saturated heterocycles. The topological polar surface area (TPSA) is 0 Å². The first kappa shape index (κ1) is 5.13. The number of hydrogen-bond donors (Lipinski definition) is 0. The molecule has 0 rings (SSSR count). The summed E-state index contributed by atoms with van der Waals surface area (Å²) in [5.74, 6) is 0. The molecule has 0 aromatic rings. The zero-order chi connectivity index (χ0) is 4.12. The minimum atomic E-state index is 1.75. The molecule has 0 atom stereocenters. The molecule has 0 fully saturated rings. The summed E-state index contributed by atoms with van der Waals surface area (Å²) in [6.07, 6.45) is 3.83. The van der Waals surface area contributed by atoms with Crippen LogP contribution in [0.2, 0.25) is 0 Å². The van der Waals surface area contributed by atoms with Crippen LogP contribution in [0.1, 0.15) is 6.92 Å². The van der Waals surface area contributed by atoms with Gasteiger partial charge in [-0.2, -0.15) is 0 Å². The Morgan fingerprint density at radius 2 is 2.20 bits per heavy atom. The Hall–Kier alpha value is 0.129. The SMILES string of the molecule is C/C=C\[CH]=[Fe+]. The van der Waals surface area contributed by atoms with Crippen molar-refractivity contribution in [1.29, 1.82) is 0 Å². The van der Waals surface area contributed by atoms with Crippen molar-refractivity contribution in [2.24, 2.45) is 0 Å². The van der Waals surface area contributed by atoms with Gasteiger partial charge in [-0.25, -0.2) is 0 Å². The van der Waals surface area contributed by atoms with Crippen molar-refractivity contribution in [1.82, 2.24) is 0 Å². The fourth-order valence-corrected chi connectivity index (χ4v) is 0.281. The average Bonchev–Trinajstić information content (AvgIpc) is 1.41. The molecule has 0 amide bonds. The molecule has 0 aliphatic heterocycles. The summed E-state index contributed by atoms with van der Waals surface area (Å²) in [7, 11) is 0. The van der Waals surface area contributed by atoms with Crippen LogP contribution in [-0.4, -0.2) is 4.92 Å². The van der Waals surface area contributed by atoms with Crippen LogP contribution < -0.4 is 0 Å². The third-order valence-corrected chi connectivity index (χ3v) is 0.473. The molecular weight excluding hydrogens is 104 g/mol. The van der Waals surface area contributed by atoms with Gasteiger partial charge in [-0.15, -0.1) is 0 Å². The molecule has 0 saturated carbocycles. The van der Waals surface area contributed by atoms with Crippen LogP contribution in [0.5, 0.6) is 0 Å². The second-order valence-corrected chi connectivity index (χ2v) is 1.01. The molecule has 0 nitrogen and oxygen atoms in total. The van der Waals surface area contributed by atoms with Gasteiger partial charge in [0.25, 0.3) is 0 Å². The summed E-state index contributed by atoms with van der Waals surface area (Å²) in [5.41, 5.74) is 0. The van der Waals surface area contributed by atoms with Gasteiger partial charge in [0.15, 0.2) is 0 Å². The number of hydrogen-bond acceptors (Lipinski definition) is 0. The van der Waals surface area contributed by atoms with Crippen molar-refractivity contribution in [3.05, 3.63) is 12.2 Å². The molecule has 0 spiro atoms. The van der Waals surface area contributed by atoms with Crippen molar-refractivity contribution >= 4 is 4.92 Å². The molecule has 0 aromatic carbocycles. The molecule has 0 unspecified atom stereocenters. The van der Waals surface area contributed by atoms with E-state index in [9.17, 15) is 0 Å². The van der Waals surface area contributed by atoms with E-state index in [1.54, 1.807) is 4.92 Å². The molecular formula is C4H6Fe+. The third kappa shape index (κ3) is 4.13. The molecule has 5 heavy (non-hydrogen) atoms. The maximum absolute atomic E-state index is 3.46. The summed E-state index contributed by atoms with van der Waals surface area (Å²) in [5, 5.41) is 0. The van der Waals surface area contributed by atoms with Gasteiger partial charge < -0.3 is 0 Å². The quantitative estimate of drug-likeness (QED) is 0.440. The summed E-state index contributed by atoms with van der Waals surface area (Å²) >= 11 is 3.46. The third-order valence-electron chi connectivity index (χ3n) is 0.260. The summed E-state index contributed by atoms with van der Waals surface area (Å²) in [6.45, 7) is 1.96. The first-order valence-corrected chi connectivity index (χ1v) is 2.09. The van der Waals surface area contributed by atoms with Crippen LogP contribution >= 0.6 is 0 Å². The average molecular weight is 110 g/mol. The van der Waals surface area contributed by atoms with Gasteiger partial charge in [-0.1, -0.05) is 0 Å². The molecule has 0 N–H and O–H groups in total. The molecule has 0 radical (unpaired) electrons. The van der Waals surface area contributed by atoms with E-state index in [-0.39, 0.29) is 0 Å². The molecule has 0 aromatic heterocycles. The van der Waals surface area contributed by atoms with Crippen molar-refractivity contribution in [2.75, 3.05) is 0 Å². The molecule has 0 aliphatic rings. The van der Waals surface area contributed by atoms with Gasteiger partial charge in [0.1, 0.15) is 0 Å². The monoisotopic (exact) mass is 110 g/mol. The Kier molecular flexibility index (Phi) is 4.24. The molecule has 1 heteroatoms. The van der Waals surface area contributed by atoms with Gasteiger partial charge in [0.2, 0.25) is 0 Å². The van der Waals surface area contributed by atoms with Crippen LogP contribution in [0.4, 0.5) is 0 Å². The van der Waals surface area contributed by atoms with E-state index < -0.39 is 0 Å². The van der Waals surface area contributed by atoms with Crippen LogP contribution in [-0.2, 0) is 15.6 Å². The molecule has 0 heterocycles. The Bertz CT molecular complexity index is 45.6. The van der Waals surface area contributed by atoms with Gasteiger partial charge in [-0.3, -0.25) is 0 Å². The standard InChI is InChI=1S/C4H6.Fe/c1-3-4-2;/h1,3-4H,2H3;/q;+1/b4-3-;. The predicted molar refractivity (Wildman–Crippen MR) is 20.9 cm³/mol. The van der Waals surface area contributed by atoms with Gasteiger partial charge >= 0.3 is 39.6 Å². The van der Waals surface area contributed by atoms with E-state index in [4.69, 9.17) is 0 Å². The summed E-state index contributed by atoms with van der Waals surface area (Å²) in [6, 6.07) is 0. The zero-order valence-corrected chi connectivity index (χ0v) is 4.19. The number of allylic oxidation sites excluding steroid dienone is 2. The molecule has 0 bridgehead atoms. The van der Waals surface area contributed by atoms with E-state index >= 15 is 0 Å². The first-order chi connectivity index (χ1) is 2.41. The zero-order valence-electron chi connectivity index (χ0n) is 3.09. The van der Waals surface area contributed by atoms with E-state index in [1.807, 2.05) is 19.1 Å². The van der Waals surface area contributed by atoms with Crippen molar-refractivity contribution in [3.8, 4) is 0 Å². The van der Waals surface area contributed by atoms with Gasteiger partial charge in [0, 0.05) is 0 Å². The van der Waals surface area contributed by atoms with E-state index in [2.05, 4.69) is 15.6 Å². The summed E-state index contributed by atoms with van der Waals surface area (Å²) in [4.78, 5) is 1.75. The Morgan fingerprint density at radius 1 is 1.60 bits per heavy atom. The predicted octanol–water partition coefficient (Wildman–Crippen LogP) is 0.911. The van der Waals surface area contributed by atoms with E-state index in [0.29, 0.717) is 0 Å². The maximum atomic E-state index is 3.46. The van der Waals surface area contributed by atoms with Crippen LogP contribution in [0, 0.1) is 0 Å². The van der Waals surface area contributed by atoms with Crippen LogP contribution in [0.15, 0.2) is 12.2 Å². The van der Waals surface area contributed by atoms with Crippen LogP contribution in [0.25, 0.3) is 0 Å². The van der Waals surface area contributed by atoms with Crippen molar-refractivity contribution < 1.29 is 15.6 Å². The fourth-order valence-electron chi connectivity index (χ4n) is 0.0680. The van der Waals surface area contributed by atoms with Gasteiger partial charge in [-0.05, 0) is 0 Å². The van der Waals surface area contributed by atoms with E-state index in [1.165, 1.54) is 0 Å². The Balaban J connectivity index is 2.92. The Labute approximate surface area is 40.2 Å². The number of rotatable bonds is 1. The summed E-state index contributed by atoms with van der Waals surface area (Å²) < 4.78 is 0. The fraction of sp³-hybridized carbons (Fsp3) is 0.250. The van der Waals surface area contributed by atoms with Crippen LogP contribution in [0.3, 0.4) is 0 Å². The van der Waals surface area contributed by atoms with Gasteiger partial charge in [0.05, 0.1) is 0 Å². The van der Waals surface area contributed by atoms with Crippen molar-refractivity contribution in [3.63, 3.8) is 0 Å². The molecule has 29 valence electrons. The first-order valence-electron chi connectivity index (χ1n) is 1.45. The minimum absolute atomic E-state index is 1.75. The normalized spacial score (nSPS) is 9.00. The second kappa shape index (κ2) is 4.13. The van der Waals surface area contributed by atoms with Crippen molar-refractivity contribution in [2.45, 2.75) is 6.92 Å². The van der Waals surface area contributed by atoms with E-state index in [0.717, 1.165) is 0 Å². The second-order valence-electron chi connectivity index (χ2n) is 0.644. The Morgan fingerprint density at radius 3 is 2.20 bits per heavy atom.